The average molecular weight is 262 g/mol. The molecule has 0 saturated heterocycles. The lowest BCUT2D eigenvalue weighted by Gasteiger charge is -2.01. The van der Waals surface area contributed by atoms with E-state index < -0.39 is 16.8 Å². The van der Waals surface area contributed by atoms with E-state index in [-0.39, 0.29) is 5.01 Å². The standard InChI is InChI=1S/C9H14N2O3S2/c1-2-16(14)4-3-10-5-7-6-15-8(11-7)9(12)13/h6,10H,2-5H2,1H3,(H,12,13). The summed E-state index contributed by atoms with van der Waals surface area (Å²) in [5.41, 5.74) is 0.713. The van der Waals surface area contributed by atoms with Crippen LogP contribution in [-0.4, -0.2) is 38.3 Å². The van der Waals surface area contributed by atoms with Gasteiger partial charge in [0.1, 0.15) is 0 Å². The molecule has 0 aliphatic rings. The second-order valence-electron chi connectivity index (χ2n) is 3.06. The molecule has 1 aromatic rings. The summed E-state index contributed by atoms with van der Waals surface area (Å²) in [4.78, 5) is 14.5. The van der Waals surface area contributed by atoms with Gasteiger partial charge < -0.3 is 10.4 Å². The summed E-state index contributed by atoms with van der Waals surface area (Å²) in [5.74, 6) is 0.289. The van der Waals surface area contributed by atoms with Gasteiger partial charge in [-0.25, -0.2) is 9.78 Å². The largest absolute Gasteiger partial charge is 0.476 e. The van der Waals surface area contributed by atoms with Crippen molar-refractivity contribution in [1.82, 2.24) is 10.3 Å². The Morgan fingerprint density at radius 3 is 3.00 bits per heavy atom. The predicted molar refractivity (Wildman–Crippen MR) is 64.3 cm³/mol. The third-order valence-corrected chi connectivity index (χ3v) is 4.05. The molecule has 0 aromatic carbocycles. The molecule has 0 aliphatic carbocycles. The third-order valence-electron chi connectivity index (χ3n) is 1.87. The van der Waals surface area contributed by atoms with Gasteiger partial charge in [0.2, 0.25) is 5.01 Å². The number of carbonyl (C=O) groups is 1. The highest BCUT2D eigenvalue weighted by Crippen LogP contribution is 2.08. The van der Waals surface area contributed by atoms with Gasteiger partial charge in [0, 0.05) is 40.8 Å². The fourth-order valence-electron chi connectivity index (χ4n) is 1.03. The lowest BCUT2D eigenvalue weighted by molar-refractivity contribution is 0.0696. The molecule has 0 aliphatic heterocycles. The molecule has 0 saturated carbocycles. The molecule has 1 atom stereocenters. The Hall–Kier alpha value is -0.790. The molecule has 90 valence electrons. The van der Waals surface area contributed by atoms with Gasteiger partial charge in [-0.2, -0.15) is 0 Å². The zero-order chi connectivity index (χ0) is 12.0. The van der Waals surface area contributed by atoms with E-state index in [2.05, 4.69) is 10.3 Å². The number of aromatic nitrogens is 1. The van der Waals surface area contributed by atoms with Crippen LogP contribution in [0.2, 0.25) is 0 Å². The maximum absolute atomic E-state index is 11.1. The summed E-state index contributed by atoms with van der Waals surface area (Å²) in [7, 11) is -0.761. The first kappa shape index (κ1) is 13.3. The maximum atomic E-state index is 11.1. The van der Waals surface area contributed by atoms with Gasteiger partial charge in [-0.15, -0.1) is 11.3 Å². The molecule has 0 radical (unpaired) electrons. The van der Waals surface area contributed by atoms with Crippen molar-refractivity contribution in [3.63, 3.8) is 0 Å². The van der Waals surface area contributed by atoms with Crippen LogP contribution < -0.4 is 5.32 Å². The van der Waals surface area contributed by atoms with Crippen LogP contribution in [0.25, 0.3) is 0 Å². The molecule has 0 fully saturated rings. The number of rotatable bonds is 7. The van der Waals surface area contributed by atoms with Gasteiger partial charge in [-0.1, -0.05) is 6.92 Å². The van der Waals surface area contributed by atoms with Crippen molar-refractivity contribution in [3.8, 4) is 0 Å². The van der Waals surface area contributed by atoms with Gasteiger partial charge in [0.15, 0.2) is 0 Å². The second kappa shape index (κ2) is 6.72. The van der Waals surface area contributed by atoms with Crippen molar-refractivity contribution < 1.29 is 14.1 Å². The lowest BCUT2D eigenvalue weighted by Crippen LogP contribution is -2.20. The number of nitrogens with one attached hydrogen (secondary N) is 1. The van der Waals surface area contributed by atoms with E-state index in [0.717, 1.165) is 11.3 Å². The van der Waals surface area contributed by atoms with E-state index in [0.29, 0.717) is 30.3 Å². The van der Waals surface area contributed by atoms with E-state index in [1.54, 1.807) is 5.38 Å². The van der Waals surface area contributed by atoms with Crippen molar-refractivity contribution in [2.45, 2.75) is 13.5 Å². The van der Waals surface area contributed by atoms with Crippen LogP contribution in [0.3, 0.4) is 0 Å². The molecule has 0 amide bonds. The Morgan fingerprint density at radius 2 is 2.44 bits per heavy atom. The Labute approximate surface area is 100 Å². The third kappa shape index (κ3) is 4.38. The number of carboxylic acid groups (broad SMARTS) is 1. The van der Waals surface area contributed by atoms with Crippen molar-refractivity contribution in [2.24, 2.45) is 0 Å². The van der Waals surface area contributed by atoms with E-state index in [1.807, 2.05) is 6.92 Å². The predicted octanol–water partition coefficient (Wildman–Crippen LogP) is 0.699. The number of hydrogen-bond donors (Lipinski definition) is 2. The van der Waals surface area contributed by atoms with E-state index in [1.165, 1.54) is 0 Å². The molecular weight excluding hydrogens is 248 g/mol. The first-order chi connectivity index (χ1) is 7.63. The second-order valence-corrected chi connectivity index (χ2v) is 5.78. The molecular formula is C9H14N2O3S2. The van der Waals surface area contributed by atoms with E-state index in [4.69, 9.17) is 5.11 Å². The molecule has 0 spiro atoms. The summed E-state index contributed by atoms with van der Waals surface area (Å²) in [6.45, 7) is 3.06. The highest BCUT2D eigenvalue weighted by atomic mass is 32.2. The maximum Gasteiger partial charge on any atom is 0.365 e. The summed E-state index contributed by atoms with van der Waals surface area (Å²) in [6, 6.07) is 0. The van der Waals surface area contributed by atoms with Gasteiger partial charge in [-0.3, -0.25) is 4.21 Å². The highest BCUT2D eigenvalue weighted by Gasteiger charge is 2.08. The lowest BCUT2D eigenvalue weighted by atomic mass is 10.5. The molecule has 5 nitrogen and oxygen atoms in total. The first-order valence-electron chi connectivity index (χ1n) is 4.87. The van der Waals surface area contributed by atoms with Crippen molar-refractivity contribution in [2.75, 3.05) is 18.1 Å². The first-order valence-corrected chi connectivity index (χ1v) is 7.23. The van der Waals surface area contributed by atoms with Crippen LogP contribution in [0.1, 0.15) is 22.4 Å². The molecule has 1 rings (SSSR count). The van der Waals surface area contributed by atoms with Crippen LogP contribution in [0.5, 0.6) is 0 Å². The molecule has 1 heterocycles. The SMILES string of the molecule is CCS(=O)CCNCc1csc(C(=O)O)n1. The topological polar surface area (TPSA) is 79.3 Å². The number of hydrogen-bond acceptors (Lipinski definition) is 5. The molecule has 16 heavy (non-hydrogen) atoms. The zero-order valence-electron chi connectivity index (χ0n) is 8.93. The smallest absolute Gasteiger partial charge is 0.365 e. The van der Waals surface area contributed by atoms with Gasteiger partial charge in [0.25, 0.3) is 0 Å². The Balaban J connectivity index is 2.27. The number of aromatic carboxylic acids is 1. The van der Waals surface area contributed by atoms with Gasteiger partial charge >= 0.3 is 5.97 Å². The van der Waals surface area contributed by atoms with Crippen LogP contribution in [0, 0.1) is 0 Å². The van der Waals surface area contributed by atoms with E-state index in [9.17, 15) is 9.00 Å². The summed E-state index contributed by atoms with van der Waals surface area (Å²) in [6.07, 6.45) is 0. The Kier molecular flexibility index (Phi) is 5.58. The summed E-state index contributed by atoms with van der Waals surface area (Å²) < 4.78 is 11.1. The summed E-state index contributed by atoms with van der Waals surface area (Å²) >= 11 is 1.12. The van der Waals surface area contributed by atoms with Gasteiger partial charge in [-0.05, 0) is 0 Å². The quantitative estimate of drug-likeness (QED) is 0.707. The minimum absolute atomic E-state index is 0.105. The number of nitrogens with zero attached hydrogens (tertiary/aromatic N) is 1. The molecule has 1 unspecified atom stereocenters. The minimum Gasteiger partial charge on any atom is -0.476 e. The van der Waals surface area contributed by atoms with Crippen molar-refractivity contribution in [1.29, 1.82) is 0 Å². The van der Waals surface area contributed by atoms with Crippen LogP contribution in [-0.2, 0) is 17.3 Å². The molecule has 1 aromatic heterocycles. The fraction of sp³-hybridized carbons (Fsp3) is 0.556. The molecule has 0 bridgehead atoms. The Morgan fingerprint density at radius 1 is 1.69 bits per heavy atom. The highest BCUT2D eigenvalue weighted by molar-refractivity contribution is 7.84. The van der Waals surface area contributed by atoms with Crippen LogP contribution in [0.4, 0.5) is 0 Å². The number of carboxylic acids is 1. The van der Waals surface area contributed by atoms with Crippen LogP contribution >= 0.6 is 11.3 Å². The number of thiazole rings is 1. The average Bonchev–Trinajstić information content (AvgIpc) is 2.72. The molecule has 7 heteroatoms. The zero-order valence-corrected chi connectivity index (χ0v) is 10.6. The minimum atomic E-state index is -0.997. The normalized spacial score (nSPS) is 12.6. The fourth-order valence-corrected chi connectivity index (χ4v) is 2.35. The van der Waals surface area contributed by atoms with Gasteiger partial charge in [0.05, 0.1) is 5.69 Å². The molecule has 2 N–H and O–H groups in total. The monoisotopic (exact) mass is 262 g/mol. The van der Waals surface area contributed by atoms with Crippen molar-refractivity contribution >= 4 is 28.1 Å². The van der Waals surface area contributed by atoms with Crippen molar-refractivity contribution in [3.05, 3.63) is 16.1 Å². The summed E-state index contributed by atoms with van der Waals surface area (Å²) in [5, 5.41) is 13.6. The van der Waals surface area contributed by atoms with E-state index >= 15 is 0 Å². The van der Waals surface area contributed by atoms with Crippen LogP contribution in [0.15, 0.2) is 5.38 Å². The Bertz CT molecular complexity index is 379.